The van der Waals surface area contributed by atoms with Crippen molar-refractivity contribution >= 4 is 5.91 Å². The third kappa shape index (κ3) is 1.22. The minimum Gasteiger partial charge on any atom is -0.345 e. The molecule has 0 aliphatic carbocycles. The molecule has 2 heterocycles. The number of carbonyl (C=O) groups is 1. The second kappa shape index (κ2) is 2.73. The van der Waals surface area contributed by atoms with Gasteiger partial charge in [0.2, 0.25) is 5.91 Å². The maximum Gasteiger partial charge on any atom is 0.222 e. The molecular formula is C9H16N2O. The van der Waals surface area contributed by atoms with Gasteiger partial charge in [0.15, 0.2) is 0 Å². The first-order valence-electron chi connectivity index (χ1n) is 4.67. The Morgan fingerprint density at radius 1 is 1.42 bits per heavy atom. The van der Waals surface area contributed by atoms with Crippen molar-refractivity contribution in [2.45, 2.75) is 19.3 Å². The van der Waals surface area contributed by atoms with Gasteiger partial charge in [-0.05, 0) is 31.3 Å². The number of likely N-dealkylation sites (tertiary alicyclic amines) is 1. The molecule has 0 radical (unpaired) electrons. The van der Waals surface area contributed by atoms with Gasteiger partial charge in [0.1, 0.15) is 0 Å². The zero-order chi connectivity index (χ0) is 8.60. The van der Waals surface area contributed by atoms with Gasteiger partial charge >= 0.3 is 0 Å². The third-order valence-corrected chi connectivity index (χ3v) is 3.19. The summed E-state index contributed by atoms with van der Waals surface area (Å²) in [5.74, 6) is 0.330. The van der Waals surface area contributed by atoms with Gasteiger partial charge in [0, 0.05) is 20.0 Å². The van der Waals surface area contributed by atoms with Crippen molar-refractivity contribution in [3.8, 4) is 0 Å². The van der Waals surface area contributed by atoms with Crippen molar-refractivity contribution in [1.29, 1.82) is 0 Å². The lowest BCUT2D eigenvalue weighted by Crippen LogP contribution is -2.38. The molecular weight excluding hydrogens is 152 g/mol. The molecule has 2 aliphatic rings. The Kier molecular flexibility index (Phi) is 1.83. The van der Waals surface area contributed by atoms with Gasteiger partial charge in [0.25, 0.3) is 0 Å². The van der Waals surface area contributed by atoms with E-state index in [1.54, 1.807) is 0 Å². The fraction of sp³-hybridized carbons (Fsp3) is 0.889. The van der Waals surface area contributed by atoms with Crippen LogP contribution in [0.5, 0.6) is 0 Å². The van der Waals surface area contributed by atoms with Crippen molar-refractivity contribution in [3.63, 3.8) is 0 Å². The van der Waals surface area contributed by atoms with E-state index < -0.39 is 0 Å². The average molecular weight is 168 g/mol. The summed E-state index contributed by atoms with van der Waals surface area (Å²) in [4.78, 5) is 13.2. The van der Waals surface area contributed by atoms with Crippen molar-refractivity contribution in [2.75, 3.05) is 26.7 Å². The molecule has 2 aliphatic heterocycles. The SMILES string of the molecule is CN1CC2(CCNCC2)CC1=O. The molecule has 68 valence electrons. The van der Waals surface area contributed by atoms with E-state index in [4.69, 9.17) is 0 Å². The van der Waals surface area contributed by atoms with Crippen LogP contribution in [0.1, 0.15) is 19.3 Å². The molecule has 1 N–H and O–H groups in total. The molecule has 1 amide bonds. The van der Waals surface area contributed by atoms with Crippen LogP contribution in [0, 0.1) is 5.41 Å². The summed E-state index contributed by atoms with van der Waals surface area (Å²) >= 11 is 0. The summed E-state index contributed by atoms with van der Waals surface area (Å²) in [6.45, 7) is 3.15. The maximum absolute atomic E-state index is 11.4. The van der Waals surface area contributed by atoms with Crippen LogP contribution in [-0.2, 0) is 4.79 Å². The van der Waals surface area contributed by atoms with Crippen LogP contribution in [-0.4, -0.2) is 37.5 Å². The number of piperidine rings is 1. The first kappa shape index (κ1) is 8.05. The topological polar surface area (TPSA) is 32.3 Å². The first-order chi connectivity index (χ1) is 5.72. The molecule has 3 nitrogen and oxygen atoms in total. The Bertz CT molecular complexity index is 197. The van der Waals surface area contributed by atoms with E-state index in [0.717, 1.165) is 26.1 Å². The van der Waals surface area contributed by atoms with E-state index in [1.807, 2.05) is 11.9 Å². The molecule has 2 saturated heterocycles. The number of amides is 1. The number of rotatable bonds is 0. The fourth-order valence-electron chi connectivity index (χ4n) is 2.39. The van der Waals surface area contributed by atoms with E-state index in [9.17, 15) is 4.79 Å². The second-order valence-corrected chi connectivity index (χ2v) is 4.18. The summed E-state index contributed by atoms with van der Waals surface area (Å²) < 4.78 is 0. The van der Waals surface area contributed by atoms with E-state index in [1.165, 1.54) is 12.8 Å². The molecule has 12 heavy (non-hydrogen) atoms. The smallest absolute Gasteiger partial charge is 0.222 e. The van der Waals surface area contributed by atoms with Gasteiger partial charge in [-0.2, -0.15) is 0 Å². The lowest BCUT2D eigenvalue weighted by Gasteiger charge is -2.32. The largest absolute Gasteiger partial charge is 0.345 e. The molecule has 2 rings (SSSR count). The Labute approximate surface area is 73.1 Å². The van der Waals surface area contributed by atoms with Crippen molar-refractivity contribution in [3.05, 3.63) is 0 Å². The predicted octanol–water partition coefficient (Wildman–Crippen LogP) is 0.218. The van der Waals surface area contributed by atoms with Gasteiger partial charge in [-0.3, -0.25) is 4.79 Å². The minimum absolute atomic E-state index is 0.330. The summed E-state index contributed by atoms with van der Waals surface area (Å²) in [5.41, 5.74) is 0.330. The zero-order valence-corrected chi connectivity index (χ0v) is 7.60. The molecule has 0 atom stereocenters. The van der Waals surface area contributed by atoms with Crippen LogP contribution in [0.25, 0.3) is 0 Å². The highest BCUT2D eigenvalue weighted by Gasteiger charge is 2.41. The summed E-state index contributed by atoms with van der Waals surface area (Å²) in [6, 6.07) is 0. The van der Waals surface area contributed by atoms with E-state index in [0.29, 0.717) is 11.3 Å². The van der Waals surface area contributed by atoms with Crippen LogP contribution in [0.3, 0.4) is 0 Å². The molecule has 0 saturated carbocycles. The molecule has 2 fully saturated rings. The van der Waals surface area contributed by atoms with Crippen LogP contribution in [0.2, 0.25) is 0 Å². The van der Waals surface area contributed by atoms with E-state index in [-0.39, 0.29) is 0 Å². The van der Waals surface area contributed by atoms with E-state index >= 15 is 0 Å². The summed E-state index contributed by atoms with van der Waals surface area (Å²) in [5, 5.41) is 3.34. The minimum atomic E-state index is 0.330. The molecule has 0 bridgehead atoms. The van der Waals surface area contributed by atoms with Gasteiger partial charge in [0.05, 0.1) is 0 Å². The molecule has 0 aromatic carbocycles. The summed E-state index contributed by atoms with van der Waals surface area (Å²) in [6.07, 6.45) is 3.12. The number of hydrogen-bond donors (Lipinski definition) is 1. The molecule has 0 aromatic heterocycles. The van der Waals surface area contributed by atoms with Crippen LogP contribution in [0.15, 0.2) is 0 Å². The van der Waals surface area contributed by atoms with Gasteiger partial charge < -0.3 is 10.2 Å². The van der Waals surface area contributed by atoms with Gasteiger partial charge in [-0.1, -0.05) is 0 Å². The predicted molar refractivity (Wildman–Crippen MR) is 46.8 cm³/mol. The Morgan fingerprint density at radius 3 is 2.58 bits per heavy atom. The molecule has 0 aromatic rings. The number of nitrogens with zero attached hydrogens (tertiary/aromatic N) is 1. The Morgan fingerprint density at radius 2 is 2.08 bits per heavy atom. The van der Waals surface area contributed by atoms with Gasteiger partial charge in [-0.15, -0.1) is 0 Å². The fourth-order valence-corrected chi connectivity index (χ4v) is 2.39. The Hall–Kier alpha value is -0.570. The maximum atomic E-state index is 11.4. The normalized spacial score (nSPS) is 28.4. The third-order valence-electron chi connectivity index (χ3n) is 3.19. The molecule has 3 heteroatoms. The van der Waals surface area contributed by atoms with Crippen LogP contribution < -0.4 is 5.32 Å². The highest BCUT2D eigenvalue weighted by Crippen LogP contribution is 2.38. The Balaban J connectivity index is 2.07. The highest BCUT2D eigenvalue weighted by molar-refractivity contribution is 5.79. The zero-order valence-electron chi connectivity index (χ0n) is 7.60. The molecule has 1 spiro atoms. The number of hydrogen-bond acceptors (Lipinski definition) is 2. The van der Waals surface area contributed by atoms with E-state index in [2.05, 4.69) is 5.32 Å². The number of carbonyl (C=O) groups excluding carboxylic acids is 1. The van der Waals surface area contributed by atoms with Gasteiger partial charge in [-0.25, -0.2) is 0 Å². The van der Waals surface area contributed by atoms with Crippen molar-refractivity contribution in [1.82, 2.24) is 10.2 Å². The summed E-state index contributed by atoms with van der Waals surface area (Å²) in [7, 11) is 1.92. The van der Waals surface area contributed by atoms with Crippen molar-refractivity contribution in [2.24, 2.45) is 5.41 Å². The second-order valence-electron chi connectivity index (χ2n) is 4.18. The monoisotopic (exact) mass is 168 g/mol. The quantitative estimate of drug-likeness (QED) is 0.561. The van der Waals surface area contributed by atoms with Crippen LogP contribution in [0.4, 0.5) is 0 Å². The molecule has 0 unspecified atom stereocenters. The average Bonchev–Trinajstić information content (AvgIpc) is 2.29. The first-order valence-corrected chi connectivity index (χ1v) is 4.67. The highest BCUT2D eigenvalue weighted by atomic mass is 16.2. The van der Waals surface area contributed by atoms with Crippen molar-refractivity contribution < 1.29 is 4.79 Å². The standard InChI is InChI=1S/C9H16N2O/c1-11-7-9(6-8(11)12)2-4-10-5-3-9/h10H,2-7H2,1H3. The lowest BCUT2D eigenvalue weighted by atomic mass is 9.78. The van der Waals surface area contributed by atoms with Crippen LogP contribution >= 0.6 is 0 Å². The lowest BCUT2D eigenvalue weighted by molar-refractivity contribution is -0.126. The number of nitrogens with one attached hydrogen (secondary N) is 1.